The van der Waals surface area contributed by atoms with Gasteiger partial charge in [-0.1, -0.05) is 11.6 Å². The maximum absolute atomic E-state index is 13.1. The molecule has 0 bridgehead atoms. The summed E-state index contributed by atoms with van der Waals surface area (Å²) in [6, 6.07) is 4.49. The van der Waals surface area contributed by atoms with Crippen molar-refractivity contribution in [3.63, 3.8) is 0 Å². The fourth-order valence-corrected chi connectivity index (χ4v) is 1.86. The van der Waals surface area contributed by atoms with Gasteiger partial charge in [0.05, 0.1) is 6.61 Å². The molecule has 0 fully saturated rings. The highest BCUT2D eigenvalue weighted by molar-refractivity contribution is 6.30. The molecule has 96 valence electrons. The topological polar surface area (TPSA) is 47.3 Å². The first-order valence-electron chi connectivity index (χ1n) is 5.57. The lowest BCUT2D eigenvalue weighted by Gasteiger charge is -2.19. The van der Waals surface area contributed by atoms with Crippen LogP contribution in [0.1, 0.15) is 12.8 Å². The Hall–Kier alpha value is -0.840. The van der Waals surface area contributed by atoms with Crippen molar-refractivity contribution in [1.29, 1.82) is 0 Å². The van der Waals surface area contributed by atoms with Crippen LogP contribution in [-0.2, 0) is 4.74 Å². The van der Waals surface area contributed by atoms with Crippen molar-refractivity contribution in [1.82, 2.24) is 0 Å². The molecule has 3 nitrogen and oxygen atoms in total. The molecule has 0 radical (unpaired) electrons. The average Bonchev–Trinajstić information content (AvgIpc) is 2.24. The van der Waals surface area contributed by atoms with Crippen LogP contribution in [0.5, 0.6) is 0 Å². The molecule has 5 heteroatoms. The van der Waals surface area contributed by atoms with E-state index in [1.165, 1.54) is 12.1 Å². The van der Waals surface area contributed by atoms with Gasteiger partial charge in [0.2, 0.25) is 0 Å². The smallest absolute Gasteiger partial charge is 0.126 e. The lowest BCUT2D eigenvalue weighted by molar-refractivity contribution is 0.182. The number of anilines is 1. The number of methoxy groups -OCH3 is 1. The molecule has 0 amide bonds. The molecule has 0 saturated carbocycles. The SMILES string of the molecule is COCC(CCCN)Nc1cc(F)cc(Cl)c1. The minimum absolute atomic E-state index is 0.112. The molecule has 1 atom stereocenters. The van der Waals surface area contributed by atoms with E-state index in [0.29, 0.717) is 23.9 Å². The van der Waals surface area contributed by atoms with Gasteiger partial charge in [-0.3, -0.25) is 0 Å². The second kappa shape index (κ2) is 7.48. The van der Waals surface area contributed by atoms with Gasteiger partial charge in [-0.25, -0.2) is 4.39 Å². The highest BCUT2D eigenvalue weighted by Crippen LogP contribution is 2.19. The van der Waals surface area contributed by atoms with Crippen molar-refractivity contribution in [3.05, 3.63) is 29.0 Å². The summed E-state index contributed by atoms with van der Waals surface area (Å²) in [6.45, 7) is 1.18. The van der Waals surface area contributed by atoms with Gasteiger partial charge in [0.15, 0.2) is 0 Å². The molecule has 3 N–H and O–H groups in total. The van der Waals surface area contributed by atoms with Crippen LogP contribution in [0.3, 0.4) is 0 Å². The number of ether oxygens (including phenoxy) is 1. The van der Waals surface area contributed by atoms with Crippen LogP contribution in [-0.4, -0.2) is 26.3 Å². The first-order chi connectivity index (χ1) is 8.15. The van der Waals surface area contributed by atoms with Crippen molar-refractivity contribution >= 4 is 17.3 Å². The molecule has 0 aliphatic carbocycles. The summed E-state index contributed by atoms with van der Waals surface area (Å²) in [4.78, 5) is 0. The minimum atomic E-state index is -0.352. The first-order valence-corrected chi connectivity index (χ1v) is 5.95. The summed E-state index contributed by atoms with van der Waals surface area (Å²) >= 11 is 5.78. The van der Waals surface area contributed by atoms with Gasteiger partial charge < -0.3 is 15.8 Å². The lowest BCUT2D eigenvalue weighted by Crippen LogP contribution is -2.25. The van der Waals surface area contributed by atoms with Gasteiger partial charge >= 0.3 is 0 Å². The number of hydrogen-bond donors (Lipinski definition) is 2. The fourth-order valence-electron chi connectivity index (χ4n) is 1.64. The summed E-state index contributed by atoms with van der Waals surface area (Å²) in [5.74, 6) is -0.352. The maximum Gasteiger partial charge on any atom is 0.126 e. The van der Waals surface area contributed by atoms with Crippen molar-refractivity contribution in [2.75, 3.05) is 25.6 Å². The Labute approximate surface area is 106 Å². The number of hydrogen-bond acceptors (Lipinski definition) is 3. The van der Waals surface area contributed by atoms with Crippen LogP contribution in [0, 0.1) is 5.82 Å². The van der Waals surface area contributed by atoms with Crippen molar-refractivity contribution in [2.24, 2.45) is 5.73 Å². The monoisotopic (exact) mass is 260 g/mol. The minimum Gasteiger partial charge on any atom is -0.383 e. The van der Waals surface area contributed by atoms with Crippen molar-refractivity contribution < 1.29 is 9.13 Å². The van der Waals surface area contributed by atoms with E-state index in [0.717, 1.165) is 12.8 Å². The molecule has 0 spiro atoms. The van der Waals surface area contributed by atoms with E-state index in [1.54, 1.807) is 13.2 Å². The zero-order valence-corrected chi connectivity index (χ0v) is 10.6. The molecule has 0 aliphatic rings. The Morgan fingerprint density at radius 1 is 1.47 bits per heavy atom. The van der Waals surface area contributed by atoms with Crippen LogP contribution in [0.15, 0.2) is 18.2 Å². The predicted octanol–water partition coefficient (Wildman–Crippen LogP) is 2.64. The standard InChI is InChI=1S/C12H18ClFN2O/c1-17-8-11(3-2-4-15)16-12-6-9(13)5-10(14)7-12/h5-7,11,16H,2-4,8,15H2,1H3. The summed E-state index contributed by atoms with van der Waals surface area (Å²) < 4.78 is 18.2. The van der Waals surface area contributed by atoms with Gasteiger partial charge in [0.1, 0.15) is 5.82 Å². The summed E-state index contributed by atoms with van der Waals surface area (Å²) in [5.41, 5.74) is 6.13. The third-order valence-corrected chi connectivity index (χ3v) is 2.58. The highest BCUT2D eigenvalue weighted by Gasteiger charge is 2.09. The molecule has 0 aliphatic heterocycles. The normalized spacial score (nSPS) is 12.5. The van der Waals surface area contributed by atoms with Crippen LogP contribution >= 0.6 is 11.6 Å². The van der Waals surface area contributed by atoms with Gasteiger partial charge in [0.25, 0.3) is 0 Å². The van der Waals surface area contributed by atoms with Crippen LogP contribution < -0.4 is 11.1 Å². The second-order valence-corrected chi connectivity index (χ2v) is 4.32. The summed E-state index contributed by atoms with van der Waals surface area (Å²) in [6.07, 6.45) is 1.77. The summed E-state index contributed by atoms with van der Waals surface area (Å²) in [5, 5.41) is 3.57. The van der Waals surface area contributed by atoms with Crippen LogP contribution in [0.2, 0.25) is 5.02 Å². The van der Waals surface area contributed by atoms with Gasteiger partial charge in [-0.15, -0.1) is 0 Å². The van der Waals surface area contributed by atoms with E-state index in [2.05, 4.69) is 5.32 Å². The first kappa shape index (κ1) is 14.2. The van der Waals surface area contributed by atoms with E-state index in [4.69, 9.17) is 22.1 Å². The molecule has 1 aromatic rings. The number of rotatable bonds is 7. The van der Waals surface area contributed by atoms with E-state index in [1.807, 2.05) is 0 Å². The Balaban J connectivity index is 2.63. The molecule has 1 unspecified atom stereocenters. The van der Waals surface area contributed by atoms with E-state index in [-0.39, 0.29) is 11.9 Å². The van der Waals surface area contributed by atoms with E-state index >= 15 is 0 Å². The maximum atomic E-state index is 13.1. The Morgan fingerprint density at radius 2 is 2.24 bits per heavy atom. The summed E-state index contributed by atoms with van der Waals surface area (Å²) in [7, 11) is 1.63. The number of halogens is 2. The molecule has 17 heavy (non-hydrogen) atoms. The Bertz CT molecular complexity index is 329. The van der Waals surface area contributed by atoms with Gasteiger partial charge in [0, 0.05) is 23.9 Å². The molecule has 0 heterocycles. The van der Waals surface area contributed by atoms with Gasteiger partial charge in [-0.05, 0) is 37.6 Å². The molecular weight excluding hydrogens is 243 g/mol. The Kier molecular flexibility index (Phi) is 6.26. The zero-order valence-electron chi connectivity index (χ0n) is 9.88. The number of nitrogens with one attached hydrogen (secondary N) is 1. The molecule has 1 aromatic carbocycles. The second-order valence-electron chi connectivity index (χ2n) is 3.89. The van der Waals surface area contributed by atoms with E-state index < -0.39 is 0 Å². The largest absolute Gasteiger partial charge is 0.383 e. The molecular formula is C12H18ClFN2O. The van der Waals surface area contributed by atoms with Crippen LogP contribution in [0.25, 0.3) is 0 Å². The van der Waals surface area contributed by atoms with E-state index in [9.17, 15) is 4.39 Å². The highest BCUT2D eigenvalue weighted by atomic mass is 35.5. The van der Waals surface area contributed by atoms with Gasteiger partial charge in [-0.2, -0.15) is 0 Å². The third kappa shape index (κ3) is 5.35. The zero-order chi connectivity index (χ0) is 12.7. The molecule has 1 rings (SSSR count). The number of benzene rings is 1. The lowest BCUT2D eigenvalue weighted by atomic mass is 10.1. The predicted molar refractivity (Wildman–Crippen MR) is 69.0 cm³/mol. The van der Waals surface area contributed by atoms with Crippen molar-refractivity contribution in [2.45, 2.75) is 18.9 Å². The third-order valence-electron chi connectivity index (χ3n) is 2.36. The number of nitrogens with two attached hydrogens (primary N) is 1. The Morgan fingerprint density at radius 3 is 2.82 bits per heavy atom. The fraction of sp³-hybridized carbons (Fsp3) is 0.500. The average molecular weight is 261 g/mol. The van der Waals surface area contributed by atoms with Crippen molar-refractivity contribution in [3.8, 4) is 0 Å². The van der Waals surface area contributed by atoms with Crippen LogP contribution in [0.4, 0.5) is 10.1 Å². The quantitative estimate of drug-likeness (QED) is 0.792. The molecule has 0 saturated heterocycles. The molecule has 0 aromatic heterocycles.